The van der Waals surface area contributed by atoms with Crippen LogP contribution in [0, 0.1) is 0 Å². The van der Waals surface area contributed by atoms with Crippen molar-refractivity contribution in [3.05, 3.63) is 62.6 Å². The molecule has 1 heterocycles. The van der Waals surface area contributed by atoms with Gasteiger partial charge in [-0.1, -0.05) is 18.2 Å². The van der Waals surface area contributed by atoms with Crippen molar-refractivity contribution in [2.45, 2.75) is 6.92 Å². The summed E-state index contributed by atoms with van der Waals surface area (Å²) in [6, 6.07) is 11.0. The molecule has 0 bridgehead atoms. The monoisotopic (exact) mass is 400 g/mol. The van der Waals surface area contributed by atoms with Crippen molar-refractivity contribution in [3.63, 3.8) is 0 Å². The zero-order chi connectivity index (χ0) is 17.8. The number of rotatable bonds is 5. The van der Waals surface area contributed by atoms with Crippen LogP contribution in [0.25, 0.3) is 23.1 Å². The highest BCUT2D eigenvalue weighted by Gasteiger charge is 2.10. The Balaban J connectivity index is 1.97. The van der Waals surface area contributed by atoms with E-state index in [2.05, 4.69) is 25.9 Å². The van der Waals surface area contributed by atoms with E-state index in [1.54, 1.807) is 19.3 Å². The molecule has 128 valence electrons. The summed E-state index contributed by atoms with van der Waals surface area (Å²) < 4.78 is 11.8. The third kappa shape index (κ3) is 3.74. The van der Waals surface area contributed by atoms with E-state index in [0.29, 0.717) is 34.8 Å². The van der Waals surface area contributed by atoms with Crippen LogP contribution < -0.4 is 15.0 Å². The number of aromatic amines is 1. The number of nitrogens with one attached hydrogen (secondary N) is 1. The maximum Gasteiger partial charge on any atom is 0.259 e. The van der Waals surface area contributed by atoms with Gasteiger partial charge in [-0.2, -0.15) is 0 Å². The van der Waals surface area contributed by atoms with Gasteiger partial charge in [-0.25, -0.2) is 4.98 Å². The second-order valence-corrected chi connectivity index (χ2v) is 6.12. The van der Waals surface area contributed by atoms with Crippen LogP contribution in [0.5, 0.6) is 11.5 Å². The van der Waals surface area contributed by atoms with E-state index in [4.69, 9.17) is 9.47 Å². The number of methoxy groups -OCH3 is 1. The number of halogens is 1. The molecule has 0 amide bonds. The molecule has 3 rings (SSSR count). The minimum Gasteiger partial charge on any atom is -0.493 e. The second-order valence-electron chi connectivity index (χ2n) is 5.27. The number of nitrogens with zero attached hydrogens (tertiary/aromatic N) is 1. The molecule has 1 aromatic heterocycles. The van der Waals surface area contributed by atoms with Crippen LogP contribution in [-0.2, 0) is 0 Å². The molecule has 0 saturated carbocycles. The summed E-state index contributed by atoms with van der Waals surface area (Å²) in [6.07, 6.45) is 3.62. The third-order valence-electron chi connectivity index (χ3n) is 3.61. The lowest BCUT2D eigenvalue weighted by atomic mass is 10.2. The Morgan fingerprint density at radius 3 is 2.80 bits per heavy atom. The van der Waals surface area contributed by atoms with Crippen LogP contribution in [0.4, 0.5) is 0 Å². The van der Waals surface area contributed by atoms with Crippen LogP contribution in [0.15, 0.2) is 45.7 Å². The maximum absolute atomic E-state index is 12.1. The van der Waals surface area contributed by atoms with Gasteiger partial charge in [0.2, 0.25) is 0 Å². The number of H-pyrrole nitrogens is 1. The van der Waals surface area contributed by atoms with Crippen molar-refractivity contribution in [2.24, 2.45) is 0 Å². The molecule has 0 aliphatic rings. The SMILES string of the molecule is CCOc1c(Br)cc(/C=C/c2nc3ccccc3c(=O)[nH]2)cc1OC. The molecule has 0 aliphatic carbocycles. The average Bonchev–Trinajstić information content (AvgIpc) is 2.62. The molecule has 0 fully saturated rings. The standard InChI is InChI=1S/C19H17BrN2O3/c1-3-25-18-14(20)10-12(11-16(18)24-2)8-9-17-21-15-7-5-4-6-13(15)19(23)22-17/h4-11H,3H2,1-2H3,(H,21,22,23)/b9-8+. The fraction of sp³-hybridized carbons (Fsp3) is 0.158. The van der Waals surface area contributed by atoms with E-state index in [0.717, 1.165) is 10.0 Å². The Bertz CT molecular complexity index is 996. The van der Waals surface area contributed by atoms with Gasteiger partial charge in [-0.05, 0) is 58.8 Å². The van der Waals surface area contributed by atoms with Gasteiger partial charge in [0, 0.05) is 0 Å². The maximum atomic E-state index is 12.1. The van der Waals surface area contributed by atoms with Crippen molar-refractivity contribution in [1.29, 1.82) is 0 Å². The van der Waals surface area contributed by atoms with E-state index < -0.39 is 0 Å². The molecular formula is C19H17BrN2O3. The van der Waals surface area contributed by atoms with Crippen LogP contribution >= 0.6 is 15.9 Å². The van der Waals surface area contributed by atoms with Gasteiger partial charge in [-0.3, -0.25) is 4.79 Å². The number of para-hydroxylation sites is 1. The number of aromatic nitrogens is 2. The molecule has 3 aromatic rings. The first-order valence-corrected chi connectivity index (χ1v) is 8.59. The smallest absolute Gasteiger partial charge is 0.259 e. The van der Waals surface area contributed by atoms with Crippen molar-refractivity contribution >= 4 is 39.0 Å². The summed E-state index contributed by atoms with van der Waals surface area (Å²) in [4.78, 5) is 19.3. The van der Waals surface area contributed by atoms with Crippen molar-refractivity contribution < 1.29 is 9.47 Å². The molecular weight excluding hydrogens is 384 g/mol. The van der Waals surface area contributed by atoms with Crippen molar-refractivity contribution in [1.82, 2.24) is 9.97 Å². The van der Waals surface area contributed by atoms with Crippen LogP contribution in [-0.4, -0.2) is 23.7 Å². The third-order valence-corrected chi connectivity index (χ3v) is 4.19. The fourth-order valence-corrected chi connectivity index (χ4v) is 3.05. The number of ether oxygens (including phenoxy) is 2. The topological polar surface area (TPSA) is 64.2 Å². The Hall–Kier alpha value is -2.60. The van der Waals surface area contributed by atoms with E-state index in [1.165, 1.54) is 0 Å². The van der Waals surface area contributed by atoms with Crippen molar-refractivity contribution in [3.8, 4) is 11.5 Å². The molecule has 0 radical (unpaired) electrons. The van der Waals surface area contributed by atoms with E-state index >= 15 is 0 Å². The average molecular weight is 401 g/mol. The van der Waals surface area contributed by atoms with E-state index in [9.17, 15) is 4.79 Å². The van der Waals surface area contributed by atoms with Gasteiger partial charge < -0.3 is 14.5 Å². The molecule has 0 saturated heterocycles. The quantitative estimate of drug-likeness (QED) is 0.694. The highest BCUT2D eigenvalue weighted by atomic mass is 79.9. The van der Waals surface area contributed by atoms with Crippen molar-refractivity contribution in [2.75, 3.05) is 13.7 Å². The lowest BCUT2D eigenvalue weighted by Crippen LogP contribution is -2.09. The summed E-state index contributed by atoms with van der Waals surface area (Å²) in [5.41, 5.74) is 1.40. The summed E-state index contributed by atoms with van der Waals surface area (Å²) in [7, 11) is 1.60. The molecule has 0 spiro atoms. The predicted molar refractivity (Wildman–Crippen MR) is 103 cm³/mol. The van der Waals surface area contributed by atoms with Gasteiger partial charge in [-0.15, -0.1) is 0 Å². The normalized spacial score (nSPS) is 11.2. The van der Waals surface area contributed by atoms with Crippen LogP contribution in [0.2, 0.25) is 0 Å². The Labute approximate surface area is 153 Å². The predicted octanol–water partition coefficient (Wildman–Crippen LogP) is 4.26. The largest absolute Gasteiger partial charge is 0.493 e. The first kappa shape index (κ1) is 17.2. The summed E-state index contributed by atoms with van der Waals surface area (Å²) in [5.74, 6) is 1.79. The summed E-state index contributed by atoms with van der Waals surface area (Å²) in [6.45, 7) is 2.47. The zero-order valence-electron chi connectivity index (χ0n) is 13.9. The molecule has 0 aliphatic heterocycles. The summed E-state index contributed by atoms with van der Waals surface area (Å²) >= 11 is 3.50. The molecule has 0 unspecified atom stereocenters. The van der Waals surface area contributed by atoms with Gasteiger partial charge in [0.15, 0.2) is 11.5 Å². The van der Waals surface area contributed by atoms with Gasteiger partial charge >= 0.3 is 0 Å². The molecule has 6 heteroatoms. The Morgan fingerprint density at radius 2 is 2.04 bits per heavy atom. The molecule has 2 aromatic carbocycles. The van der Waals surface area contributed by atoms with Crippen LogP contribution in [0.3, 0.4) is 0 Å². The second kappa shape index (κ2) is 7.53. The van der Waals surface area contributed by atoms with Crippen LogP contribution in [0.1, 0.15) is 18.3 Å². The zero-order valence-corrected chi connectivity index (χ0v) is 15.5. The number of benzene rings is 2. The number of hydrogen-bond acceptors (Lipinski definition) is 4. The minimum atomic E-state index is -0.157. The highest BCUT2D eigenvalue weighted by molar-refractivity contribution is 9.10. The number of fused-ring (bicyclic) bond motifs is 1. The minimum absolute atomic E-state index is 0.157. The first-order valence-electron chi connectivity index (χ1n) is 7.80. The Morgan fingerprint density at radius 1 is 1.24 bits per heavy atom. The van der Waals surface area contributed by atoms with E-state index in [1.807, 2.05) is 43.3 Å². The molecule has 1 N–H and O–H groups in total. The van der Waals surface area contributed by atoms with Gasteiger partial charge in [0.1, 0.15) is 5.82 Å². The first-order chi connectivity index (χ1) is 12.1. The fourth-order valence-electron chi connectivity index (χ4n) is 2.48. The van der Waals surface area contributed by atoms with Gasteiger partial charge in [0.25, 0.3) is 5.56 Å². The summed E-state index contributed by atoms with van der Waals surface area (Å²) in [5, 5.41) is 0.574. The Kier molecular flexibility index (Phi) is 5.19. The molecule has 0 atom stereocenters. The number of hydrogen-bond donors (Lipinski definition) is 1. The lowest BCUT2D eigenvalue weighted by Gasteiger charge is -2.12. The lowest BCUT2D eigenvalue weighted by molar-refractivity contribution is 0.309. The van der Waals surface area contributed by atoms with E-state index in [-0.39, 0.29) is 5.56 Å². The molecule has 5 nitrogen and oxygen atoms in total. The van der Waals surface area contributed by atoms with Gasteiger partial charge in [0.05, 0.1) is 29.1 Å². The highest BCUT2D eigenvalue weighted by Crippen LogP contribution is 2.37. The molecule has 25 heavy (non-hydrogen) atoms.